The van der Waals surface area contributed by atoms with Crippen LogP contribution in [0.2, 0.25) is 0 Å². The first-order chi connectivity index (χ1) is 7.58. The minimum absolute atomic E-state index is 0.0127. The Labute approximate surface area is 100 Å². The van der Waals surface area contributed by atoms with Gasteiger partial charge in [-0.2, -0.15) is 0 Å². The maximum atomic E-state index is 9.08. The molecule has 4 atom stereocenters. The predicted molar refractivity (Wildman–Crippen MR) is 67.3 cm³/mol. The van der Waals surface area contributed by atoms with E-state index in [4.69, 9.17) is 10.2 Å². The van der Waals surface area contributed by atoms with E-state index in [9.17, 15) is 0 Å². The molecule has 0 saturated heterocycles. The topological polar surface area (TPSA) is 40.5 Å². The summed E-state index contributed by atoms with van der Waals surface area (Å²) in [7, 11) is 0. The van der Waals surface area contributed by atoms with Gasteiger partial charge in [-0.3, -0.25) is 0 Å². The smallest absolute Gasteiger partial charge is 0.0542 e. The van der Waals surface area contributed by atoms with E-state index in [1.165, 1.54) is 25.7 Å². The fourth-order valence-electron chi connectivity index (χ4n) is 2.80. The molecule has 0 aliphatic heterocycles. The zero-order valence-corrected chi connectivity index (χ0v) is 10.9. The van der Waals surface area contributed by atoms with E-state index < -0.39 is 0 Å². The minimum Gasteiger partial charge on any atom is -0.393 e. The van der Waals surface area contributed by atoms with E-state index in [0.29, 0.717) is 0 Å². The lowest BCUT2D eigenvalue weighted by molar-refractivity contribution is 0.106. The predicted octanol–water partition coefficient (Wildman–Crippen LogP) is 3.11. The second-order valence-corrected chi connectivity index (χ2v) is 5.85. The highest BCUT2D eigenvalue weighted by Crippen LogP contribution is 2.23. The normalized spacial score (nSPS) is 39.8. The van der Waals surface area contributed by atoms with E-state index >= 15 is 0 Å². The molecule has 0 radical (unpaired) electrons. The van der Waals surface area contributed by atoms with Crippen molar-refractivity contribution in [2.24, 2.45) is 11.8 Å². The van der Waals surface area contributed by atoms with Gasteiger partial charge in [0.05, 0.1) is 12.2 Å². The SMILES string of the molecule is C[C@@H]1CCC[C@H](O)C1.C[C@H]1CCC[C@H](O)C1. The van der Waals surface area contributed by atoms with E-state index in [2.05, 4.69) is 13.8 Å². The Kier molecular flexibility index (Phi) is 6.37. The number of aliphatic hydroxyl groups excluding tert-OH is 2. The number of hydrogen-bond donors (Lipinski definition) is 2. The summed E-state index contributed by atoms with van der Waals surface area (Å²) in [6, 6.07) is 0. The second-order valence-electron chi connectivity index (χ2n) is 5.85. The largest absolute Gasteiger partial charge is 0.393 e. The third kappa shape index (κ3) is 5.86. The molecule has 2 nitrogen and oxygen atoms in total. The first-order valence-electron chi connectivity index (χ1n) is 6.94. The molecule has 0 aromatic carbocycles. The third-order valence-electron chi connectivity index (χ3n) is 3.82. The maximum absolute atomic E-state index is 9.08. The third-order valence-corrected chi connectivity index (χ3v) is 3.82. The molecule has 2 aliphatic rings. The Morgan fingerprint density at radius 1 is 0.688 bits per heavy atom. The quantitative estimate of drug-likeness (QED) is 0.669. The Bertz CT molecular complexity index is 146. The van der Waals surface area contributed by atoms with Crippen molar-refractivity contribution in [1.82, 2.24) is 0 Å². The monoisotopic (exact) mass is 228 g/mol. The highest BCUT2D eigenvalue weighted by molar-refractivity contribution is 4.68. The van der Waals surface area contributed by atoms with Crippen molar-refractivity contribution in [1.29, 1.82) is 0 Å². The lowest BCUT2D eigenvalue weighted by Crippen LogP contribution is -2.16. The van der Waals surface area contributed by atoms with Crippen molar-refractivity contribution in [3.8, 4) is 0 Å². The average molecular weight is 228 g/mol. The van der Waals surface area contributed by atoms with Gasteiger partial charge < -0.3 is 10.2 Å². The molecule has 2 N–H and O–H groups in total. The summed E-state index contributed by atoms with van der Waals surface area (Å²) in [4.78, 5) is 0. The zero-order valence-electron chi connectivity index (χ0n) is 10.9. The van der Waals surface area contributed by atoms with Crippen molar-refractivity contribution < 1.29 is 10.2 Å². The molecule has 2 fully saturated rings. The summed E-state index contributed by atoms with van der Waals surface area (Å²) < 4.78 is 0. The lowest BCUT2D eigenvalue weighted by Gasteiger charge is -2.21. The van der Waals surface area contributed by atoms with Crippen molar-refractivity contribution in [2.45, 2.75) is 77.4 Å². The molecule has 96 valence electrons. The molecular formula is C14H28O2. The Hall–Kier alpha value is -0.0800. The van der Waals surface area contributed by atoms with E-state index in [0.717, 1.165) is 37.5 Å². The van der Waals surface area contributed by atoms with Crippen LogP contribution in [0, 0.1) is 11.8 Å². The highest BCUT2D eigenvalue weighted by atomic mass is 16.3. The molecule has 0 amide bonds. The van der Waals surface area contributed by atoms with Crippen LogP contribution in [-0.2, 0) is 0 Å². The molecule has 2 saturated carbocycles. The van der Waals surface area contributed by atoms with Crippen LogP contribution in [-0.4, -0.2) is 22.4 Å². The Balaban J connectivity index is 0.000000160. The number of rotatable bonds is 0. The van der Waals surface area contributed by atoms with Crippen LogP contribution in [0.5, 0.6) is 0 Å². The molecule has 2 heteroatoms. The van der Waals surface area contributed by atoms with Gasteiger partial charge in [0, 0.05) is 0 Å². The van der Waals surface area contributed by atoms with E-state index in [1.54, 1.807) is 0 Å². The molecule has 0 unspecified atom stereocenters. The van der Waals surface area contributed by atoms with Crippen LogP contribution in [0.25, 0.3) is 0 Å². The van der Waals surface area contributed by atoms with Crippen LogP contribution in [0.3, 0.4) is 0 Å². The van der Waals surface area contributed by atoms with Crippen molar-refractivity contribution in [2.75, 3.05) is 0 Å². The summed E-state index contributed by atoms with van der Waals surface area (Å²) in [6.45, 7) is 4.42. The van der Waals surface area contributed by atoms with Crippen molar-refractivity contribution in [3.05, 3.63) is 0 Å². The summed E-state index contributed by atoms with van der Waals surface area (Å²) >= 11 is 0. The number of hydrogen-bond acceptors (Lipinski definition) is 2. The van der Waals surface area contributed by atoms with Crippen molar-refractivity contribution in [3.63, 3.8) is 0 Å². The zero-order chi connectivity index (χ0) is 12.0. The van der Waals surface area contributed by atoms with Crippen LogP contribution in [0.15, 0.2) is 0 Å². The summed E-state index contributed by atoms with van der Waals surface area (Å²) in [5.74, 6) is 1.53. The molecule has 2 aliphatic carbocycles. The summed E-state index contributed by atoms with van der Waals surface area (Å²) in [5, 5.41) is 18.2. The molecule has 0 bridgehead atoms. The van der Waals surface area contributed by atoms with E-state index in [-0.39, 0.29) is 12.2 Å². The van der Waals surface area contributed by atoms with Gasteiger partial charge in [-0.1, -0.05) is 39.5 Å². The summed E-state index contributed by atoms with van der Waals surface area (Å²) in [6.07, 6.45) is 9.23. The molecular weight excluding hydrogens is 200 g/mol. The van der Waals surface area contributed by atoms with Crippen LogP contribution < -0.4 is 0 Å². The molecule has 0 aromatic rings. The van der Waals surface area contributed by atoms with Crippen LogP contribution in [0.4, 0.5) is 0 Å². The first-order valence-corrected chi connectivity index (χ1v) is 6.94. The first kappa shape index (κ1) is 14.0. The van der Waals surface area contributed by atoms with Gasteiger partial charge in [0.1, 0.15) is 0 Å². The van der Waals surface area contributed by atoms with Crippen molar-refractivity contribution >= 4 is 0 Å². The molecule has 0 heterocycles. The van der Waals surface area contributed by atoms with Crippen LogP contribution >= 0.6 is 0 Å². The summed E-state index contributed by atoms with van der Waals surface area (Å²) in [5.41, 5.74) is 0. The highest BCUT2D eigenvalue weighted by Gasteiger charge is 2.15. The average Bonchev–Trinajstić information content (AvgIpc) is 2.17. The van der Waals surface area contributed by atoms with Crippen LogP contribution in [0.1, 0.15) is 65.2 Å². The van der Waals surface area contributed by atoms with E-state index in [1.807, 2.05) is 0 Å². The molecule has 0 spiro atoms. The lowest BCUT2D eigenvalue weighted by atomic mass is 9.89. The van der Waals surface area contributed by atoms with Gasteiger partial charge in [-0.25, -0.2) is 0 Å². The molecule has 2 rings (SSSR count). The molecule has 16 heavy (non-hydrogen) atoms. The van der Waals surface area contributed by atoms with Gasteiger partial charge in [-0.15, -0.1) is 0 Å². The van der Waals surface area contributed by atoms with Gasteiger partial charge in [0.25, 0.3) is 0 Å². The Morgan fingerprint density at radius 2 is 1.06 bits per heavy atom. The van der Waals surface area contributed by atoms with Gasteiger partial charge >= 0.3 is 0 Å². The minimum atomic E-state index is 0.0127. The van der Waals surface area contributed by atoms with Gasteiger partial charge in [0.15, 0.2) is 0 Å². The number of aliphatic hydroxyl groups is 2. The van der Waals surface area contributed by atoms with Gasteiger partial charge in [0.2, 0.25) is 0 Å². The Morgan fingerprint density at radius 3 is 1.25 bits per heavy atom. The van der Waals surface area contributed by atoms with Gasteiger partial charge in [-0.05, 0) is 37.5 Å². The fourth-order valence-corrected chi connectivity index (χ4v) is 2.80. The molecule has 0 aromatic heterocycles. The fraction of sp³-hybridized carbons (Fsp3) is 1.00. The maximum Gasteiger partial charge on any atom is 0.0542 e. The second kappa shape index (κ2) is 7.29. The standard InChI is InChI=1S/2C7H14O/c2*1-6-3-2-4-7(8)5-6/h2*6-8H,2-5H2,1H3/t6-,7+;6-,7-/m10/s1.